The van der Waals surface area contributed by atoms with Crippen molar-refractivity contribution in [3.05, 3.63) is 59.4 Å². The van der Waals surface area contributed by atoms with E-state index in [2.05, 4.69) is 15.0 Å². The summed E-state index contributed by atoms with van der Waals surface area (Å²) < 4.78 is 47.8. The molecular formula is C23H22N4O5S. The molecule has 1 aliphatic heterocycles. The summed E-state index contributed by atoms with van der Waals surface area (Å²) in [5.41, 5.74) is 3.55. The molecule has 1 saturated carbocycles. The van der Waals surface area contributed by atoms with Crippen molar-refractivity contribution >= 4 is 26.8 Å². The topological polar surface area (TPSA) is 108 Å². The fourth-order valence-corrected chi connectivity index (χ4v) is 5.55. The zero-order chi connectivity index (χ0) is 22.6. The van der Waals surface area contributed by atoms with Crippen molar-refractivity contribution in [1.29, 1.82) is 0 Å². The highest BCUT2D eigenvalue weighted by molar-refractivity contribution is 7.92. The monoisotopic (exact) mass is 466 g/mol. The maximum atomic E-state index is 13.3. The molecule has 9 nitrogen and oxygen atoms in total. The van der Waals surface area contributed by atoms with E-state index in [1.807, 2.05) is 29.1 Å². The molecule has 0 radical (unpaired) electrons. The second kappa shape index (κ2) is 7.51. The van der Waals surface area contributed by atoms with Gasteiger partial charge in [0.15, 0.2) is 11.4 Å². The molecular weight excluding hydrogens is 444 g/mol. The number of anilines is 1. The molecule has 0 amide bonds. The maximum Gasteiger partial charge on any atom is 0.266 e. The third kappa shape index (κ3) is 3.50. The standard InChI is InChI=1S/C23H22N4O5S/c1-30-18-11-15(14-3-4-14)5-6-20(18)33(28,29)26-23-21-19(32-25-23)12-16(13-27-9-2-8-24-27)17-7-10-31-22(17)21/h2,5-6,8-9,11-12,14H,3-4,7,10,13H2,1H3,(H,25,26). The number of rotatable bonds is 7. The first-order chi connectivity index (χ1) is 16.0. The van der Waals surface area contributed by atoms with Crippen LogP contribution in [-0.4, -0.2) is 37.1 Å². The number of hydrogen-bond donors (Lipinski definition) is 1. The lowest BCUT2D eigenvalue weighted by Crippen LogP contribution is -2.15. The summed E-state index contributed by atoms with van der Waals surface area (Å²) in [4.78, 5) is 0.0541. The Kier molecular flexibility index (Phi) is 4.58. The van der Waals surface area contributed by atoms with Crippen molar-refractivity contribution in [3.63, 3.8) is 0 Å². The van der Waals surface area contributed by atoms with Crippen LogP contribution in [0.3, 0.4) is 0 Å². The van der Waals surface area contributed by atoms with E-state index < -0.39 is 10.0 Å². The lowest BCUT2D eigenvalue weighted by atomic mass is 10.0. The maximum absolute atomic E-state index is 13.3. The number of ether oxygens (including phenoxy) is 2. The van der Waals surface area contributed by atoms with Crippen LogP contribution in [0.2, 0.25) is 0 Å². The van der Waals surface area contributed by atoms with E-state index in [0.29, 0.717) is 41.5 Å². The Morgan fingerprint density at radius 3 is 2.91 bits per heavy atom. The van der Waals surface area contributed by atoms with Gasteiger partial charge < -0.3 is 14.0 Å². The number of methoxy groups -OCH3 is 1. The summed E-state index contributed by atoms with van der Waals surface area (Å²) in [7, 11) is -2.50. The van der Waals surface area contributed by atoms with Crippen LogP contribution in [0.15, 0.2) is 52.1 Å². The second-order valence-corrected chi connectivity index (χ2v) is 9.99. The van der Waals surface area contributed by atoms with Gasteiger partial charge in [0.2, 0.25) is 0 Å². The van der Waals surface area contributed by atoms with E-state index in [-0.39, 0.29) is 10.7 Å². The van der Waals surface area contributed by atoms with Crippen LogP contribution < -0.4 is 14.2 Å². The fraction of sp³-hybridized carbons (Fsp3) is 0.304. The summed E-state index contributed by atoms with van der Waals surface area (Å²) in [6.07, 6.45) is 6.56. The van der Waals surface area contributed by atoms with Crippen LogP contribution in [0.25, 0.3) is 11.0 Å². The van der Waals surface area contributed by atoms with Crippen molar-refractivity contribution in [2.45, 2.75) is 36.6 Å². The number of aromatic nitrogens is 3. The van der Waals surface area contributed by atoms with Crippen molar-refractivity contribution in [1.82, 2.24) is 14.9 Å². The first-order valence-corrected chi connectivity index (χ1v) is 12.3. The van der Waals surface area contributed by atoms with Gasteiger partial charge in [0.25, 0.3) is 10.0 Å². The predicted octanol–water partition coefficient (Wildman–Crippen LogP) is 3.69. The number of benzene rings is 2. The molecule has 2 aromatic heterocycles. The molecule has 0 saturated heterocycles. The van der Waals surface area contributed by atoms with Crippen LogP contribution in [0.5, 0.6) is 11.5 Å². The molecule has 0 unspecified atom stereocenters. The highest BCUT2D eigenvalue weighted by atomic mass is 32.2. The lowest BCUT2D eigenvalue weighted by Gasteiger charge is -2.12. The van der Waals surface area contributed by atoms with E-state index in [4.69, 9.17) is 14.0 Å². The molecule has 2 aliphatic rings. The minimum atomic E-state index is -3.98. The first kappa shape index (κ1) is 20.1. The summed E-state index contributed by atoms with van der Waals surface area (Å²) in [6, 6.07) is 8.97. The third-order valence-electron chi connectivity index (χ3n) is 6.16. The molecule has 0 bridgehead atoms. The van der Waals surface area contributed by atoms with Gasteiger partial charge >= 0.3 is 0 Å². The van der Waals surface area contributed by atoms with E-state index in [9.17, 15) is 8.42 Å². The summed E-state index contributed by atoms with van der Waals surface area (Å²) in [5, 5.41) is 8.81. The zero-order valence-corrected chi connectivity index (χ0v) is 18.8. The number of nitrogens with one attached hydrogen (secondary N) is 1. The van der Waals surface area contributed by atoms with Gasteiger partial charge in [0, 0.05) is 24.4 Å². The van der Waals surface area contributed by atoms with E-state index >= 15 is 0 Å². The molecule has 1 N–H and O–H groups in total. The molecule has 1 fully saturated rings. The molecule has 6 rings (SSSR count). The largest absolute Gasteiger partial charge is 0.495 e. The first-order valence-electron chi connectivity index (χ1n) is 10.8. The zero-order valence-electron chi connectivity index (χ0n) is 17.9. The van der Waals surface area contributed by atoms with Crippen molar-refractivity contribution in [3.8, 4) is 11.5 Å². The van der Waals surface area contributed by atoms with Gasteiger partial charge in [-0.25, -0.2) is 8.42 Å². The van der Waals surface area contributed by atoms with Crippen molar-refractivity contribution in [2.75, 3.05) is 18.4 Å². The van der Waals surface area contributed by atoms with Gasteiger partial charge in [-0.15, -0.1) is 0 Å². The molecule has 0 spiro atoms. The lowest BCUT2D eigenvalue weighted by molar-refractivity contribution is 0.360. The number of nitrogens with zero attached hydrogens (tertiary/aromatic N) is 3. The smallest absolute Gasteiger partial charge is 0.266 e. The number of hydrogen-bond acceptors (Lipinski definition) is 7. The van der Waals surface area contributed by atoms with Crippen molar-refractivity contribution in [2.24, 2.45) is 0 Å². The summed E-state index contributed by atoms with van der Waals surface area (Å²) >= 11 is 0. The quantitative estimate of drug-likeness (QED) is 0.442. The fourth-order valence-electron chi connectivity index (χ4n) is 4.39. The normalized spacial score (nSPS) is 15.4. The molecule has 4 aromatic rings. The summed E-state index contributed by atoms with van der Waals surface area (Å²) in [6.45, 7) is 1.06. The Morgan fingerprint density at radius 1 is 1.27 bits per heavy atom. The molecule has 1 aliphatic carbocycles. The minimum Gasteiger partial charge on any atom is -0.495 e. The Hall–Kier alpha value is -3.53. The van der Waals surface area contributed by atoms with E-state index in [1.165, 1.54) is 7.11 Å². The van der Waals surface area contributed by atoms with Crippen LogP contribution in [0.1, 0.15) is 35.4 Å². The minimum absolute atomic E-state index is 0.0541. The summed E-state index contributed by atoms with van der Waals surface area (Å²) in [5.74, 6) is 1.49. The van der Waals surface area contributed by atoms with Gasteiger partial charge in [0.05, 0.1) is 20.3 Å². The molecule has 33 heavy (non-hydrogen) atoms. The molecule has 3 heterocycles. The highest BCUT2D eigenvalue weighted by Gasteiger charge is 2.30. The average Bonchev–Trinajstić information content (AvgIpc) is 3.15. The van der Waals surface area contributed by atoms with Gasteiger partial charge in [-0.2, -0.15) is 5.10 Å². The van der Waals surface area contributed by atoms with Crippen LogP contribution >= 0.6 is 0 Å². The van der Waals surface area contributed by atoms with Gasteiger partial charge in [-0.1, -0.05) is 11.2 Å². The highest BCUT2D eigenvalue weighted by Crippen LogP contribution is 2.44. The Morgan fingerprint density at radius 2 is 2.15 bits per heavy atom. The Labute approximate surface area is 190 Å². The van der Waals surface area contributed by atoms with Crippen LogP contribution in [0.4, 0.5) is 5.82 Å². The average molecular weight is 467 g/mol. The van der Waals surface area contributed by atoms with Gasteiger partial charge in [0.1, 0.15) is 21.8 Å². The number of sulfonamides is 1. The van der Waals surface area contributed by atoms with E-state index in [1.54, 1.807) is 18.3 Å². The molecule has 170 valence electrons. The van der Waals surface area contributed by atoms with Crippen molar-refractivity contribution < 1.29 is 22.4 Å². The number of fused-ring (bicyclic) bond motifs is 3. The SMILES string of the molecule is COc1cc(C2CC2)ccc1S(=O)(=O)Nc1noc2cc(Cn3cccn3)c3c(c12)OCC3. The Bertz CT molecular complexity index is 1460. The predicted molar refractivity (Wildman–Crippen MR) is 120 cm³/mol. The molecule has 0 atom stereocenters. The van der Waals surface area contributed by atoms with Crippen LogP contribution in [0, 0.1) is 0 Å². The second-order valence-electron chi connectivity index (χ2n) is 8.34. The molecule has 2 aromatic carbocycles. The van der Waals surface area contributed by atoms with E-state index in [0.717, 1.165) is 36.0 Å². The van der Waals surface area contributed by atoms with Gasteiger partial charge in [-0.3, -0.25) is 9.40 Å². The molecule has 10 heteroatoms. The van der Waals surface area contributed by atoms with Gasteiger partial charge in [-0.05, 0) is 54.2 Å². The third-order valence-corrected chi connectivity index (χ3v) is 7.54. The Balaban J connectivity index is 1.38. The van der Waals surface area contributed by atoms with Crippen LogP contribution in [-0.2, 0) is 23.0 Å².